The Hall–Kier alpha value is -1.98. The third kappa shape index (κ3) is 3.11. The van der Waals surface area contributed by atoms with Gasteiger partial charge in [0.1, 0.15) is 17.4 Å². The first kappa shape index (κ1) is 18.1. The van der Waals surface area contributed by atoms with Crippen molar-refractivity contribution in [2.75, 3.05) is 19.7 Å². The number of piperidine rings is 1. The molecule has 0 aromatic heterocycles. The summed E-state index contributed by atoms with van der Waals surface area (Å²) in [6.45, 7) is 2.38. The summed E-state index contributed by atoms with van der Waals surface area (Å²) in [6.07, 6.45) is 3.74. The van der Waals surface area contributed by atoms with Crippen LogP contribution in [0.2, 0.25) is 0 Å². The van der Waals surface area contributed by atoms with Crippen molar-refractivity contribution in [3.8, 4) is 5.75 Å². The highest BCUT2D eigenvalue weighted by Gasteiger charge is 2.37. The third-order valence-electron chi connectivity index (χ3n) is 6.65. The Morgan fingerprint density at radius 3 is 2.57 bits per heavy atom. The number of rotatable bonds is 2. The number of hydrogen-bond donors (Lipinski definition) is 1. The first-order valence-corrected chi connectivity index (χ1v) is 10.3. The lowest BCUT2D eigenvalue weighted by atomic mass is 9.86. The van der Waals surface area contributed by atoms with Crippen LogP contribution in [0.15, 0.2) is 30.3 Å². The maximum absolute atomic E-state index is 14.1. The molecule has 3 aliphatic rings. The molecule has 5 heteroatoms. The van der Waals surface area contributed by atoms with Gasteiger partial charge in [-0.15, -0.1) is 0 Å². The molecule has 0 saturated carbocycles. The second-order valence-electron chi connectivity index (χ2n) is 8.30. The molecule has 2 aliphatic heterocycles. The standard InChI is InChI=1S/C23H25F2NO2/c24-17-3-4-19-16(11-17)12-21(22(19)27)26-7-5-14(6-8-26)20-13-18(25)10-15-2-1-9-28-23(15)20/h3-4,10-11,13-14,21-22,27H,1-2,5-9,12H2/t21-,22-/m1/s1. The number of aliphatic hydroxyl groups is 1. The van der Waals surface area contributed by atoms with Gasteiger partial charge in [0.15, 0.2) is 0 Å². The molecule has 1 N–H and O–H groups in total. The number of hydrogen-bond acceptors (Lipinski definition) is 3. The molecule has 5 rings (SSSR count). The smallest absolute Gasteiger partial charge is 0.126 e. The van der Waals surface area contributed by atoms with E-state index in [1.54, 1.807) is 24.3 Å². The molecule has 0 spiro atoms. The first-order valence-electron chi connectivity index (χ1n) is 10.3. The molecule has 0 radical (unpaired) electrons. The van der Waals surface area contributed by atoms with Crippen molar-refractivity contribution in [1.29, 1.82) is 0 Å². The zero-order valence-corrected chi connectivity index (χ0v) is 15.8. The van der Waals surface area contributed by atoms with Crippen LogP contribution < -0.4 is 4.74 Å². The van der Waals surface area contributed by atoms with E-state index in [9.17, 15) is 13.9 Å². The van der Waals surface area contributed by atoms with Gasteiger partial charge in [-0.05, 0) is 92.1 Å². The molecule has 28 heavy (non-hydrogen) atoms. The minimum Gasteiger partial charge on any atom is -0.493 e. The van der Waals surface area contributed by atoms with Crippen LogP contribution in [-0.2, 0) is 12.8 Å². The van der Waals surface area contributed by atoms with Gasteiger partial charge in [-0.25, -0.2) is 8.78 Å². The quantitative estimate of drug-likeness (QED) is 0.844. The van der Waals surface area contributed by atoms with Crippen LogP contribution in [0.5, 0.6) is 5.75 Å². The van der Waals surface area contributed by atoms with Gasteiger partial charge in [0.2, 0.25) is 0 Å². The molecule has 2 atom stereocenters. The zero-order valence-electron chi connectivity index (χ0n) is 15.8. The van der Waals surface area contributed by atoms with Gasteiger partial charge in [0.25, 0.3) is 0 Å². The fraction of sp³-hybridized carbons (Fsp3) is 0.478. The van der Waals surface area contributed by atoms with E-state index in [2.05, 4.69) is 4.90 Å². The number of nitrogens with zero attached hydrogens (tertiary/aromatic N) is 1. The predicted molar refractivity (Wildman–Crippen MR) is 103 cm³/mol. The van der Waals surface area contributed by atoms with Crippen molar-refractivity contribution < 1.29 is 18.6 Å². The van der Waals surface area contributed by atoms with Crippen LogP contribution in [0.3, 0.4) is 0 Å². The Bertz CT molecular complexity index is 892. The number of aryl methyl sites for hydroxylation is 1. The van der Waals surface area contributed by atoms with Gasteiger partial charge < -0.3 is 9.84 Å². The Balaban J connectivity index is 1.31. The number of likely N-dealkylation sites (tertiary alicyclic amines) is 1. The van der Waals surface area contributed by atoms with Crippen LogP contribution in [0.25, 0.3) is 0 Å². The molecule has 2 aromatic rings. The number of ether oxygens (including phenoxy) is 1. The largest absolute Gasteiger partial charge is 0.493 e. The molecule has 1 saturated heterocycles. The SMILES string of the molecule is O[C@@H]1c2ccc(F)cc2C[C@H]1N1CCC(c2cc(F)cc3c2OCCC3)CC1. The van der Waals surface area contributed by atoms with Crippen molar-refractivity contribution in [2.45, 2.75) is 50.2 Å². The summed E-state index contributed by atoms with van der Waals surface area (Å²) in [4.78, 5) is 2.31. The first-order chi connectivity index (χ1) is 13.6. The van der Waals surface area contributed by atoms with Crippen LogP contribution in [0.4, 0.5) is 8.78 Å². The number of halogens is 2. The van der Waals surface area contributed by atoms with Crippen molar-refractivity contribution in [3.05, 3.63) is 64.2 Å². The molecule has 0 unspecified atom stereocenters. The van der Waals surface area contributed by atoms with Crippen LogP contribution in [0.1, 0.15) is 53.5 Å². The summed E-state index contributed by atoms with van der Waals surface area (Å²) in [5.41, 5.74) is 3.76. The number of benzene rings is 2. The Labute approximate surface area is 163 Å². The molecule has 1 fully saturated rings. The second-order valence-corrected chi connectivity index (χ2v) is 8.30. The van der Waals surface area contributed by atoms with Gasteiger partial charge in [0.05, 0.1) is 12.7 Å². The van der Waals surface area contributed by atoms with Gasteiger partial charge >= 0.3 is 0 Å². The fourth-order valence-corrected chi connectivity index (χ4v) is 5.23. The van der Waals surface area contributed by atoms with Gasteiger partial charge in [0, 0.05) is 11.6 Å². The highest BCUT2D eigenvalue weighted by molar-refractivity contribution is 5.45. The summed E-state index contributed by atoms with van der Waals surface area (Å²) in [5, 5.41) is 10.7. The van der Waals surface area contributed by atoms with Crippen molar-refractivity contribution in [1.82, 2.24) is 4.90 Å². The lowest BCUT2D eigenvalue weighted by Crippen LogP contribution is -2.43. The lowest BCUT2D eigenvalue weighted by molar-refractivity contribution is 0.0455. The minimum atomic E-state index is -0.572. The number of fused-ring (bicyclic) bond motifs is 2. The van der Waals surface area contributed by atoms with E-state index in [0.717, 1.165) is 66.8 Å². The second kappa shape index (κ2) is 7.12. The topological polar surface area (TPSA) is 32.7 Å². The maximum atomic E-state index is 14.1. The summed E-state index contributed by atoms with van der Waals surface area (Å²) in [6, 6.07) is 7.92. The average Bonchev–Trinajstić information content (AvgIpc) is 3.03. The van der Waals surface area contributed by atoms with Crippen LogP contribution >= 0.6 is 0 Å². The molecule has 0 bridgehead atoms. The monoisotopic (exact) mass is 385 g/mol. The highest BCUT2D eigenvalue weighted by Crippen LogP contribution is 2.41. The Morgan fingerprint density at radius 1 is 0.964 bits per heavy atom. The van der Waals surface area contributed by atoms with Gasteiger partial charge in [-0.1, -0.05) is 6.07 Å². The van der Waals surface area contributed by atoms with E-state index in [4.69, 9.17) is 4.74 Å². The summed E-state index contributed by atoms with van der Waals surface area (Å²) >= 11 is 0. The van der Waals surface area contributed by atoms with Crippen molar-refractivity contribution in [3.63, 3.8) is 0 Å². The van der Waals surface area contributed by atoms with E-state index in [1.165, 1.54) is 6.07 Å². The Morgan fingerprint density at radius 2 is 1.75 bits per heavy atom. The van der Waals surface area contributed by atoms with Crippen LogP contribution in [-0.4, -0.2) is 35.7 Å². The van der Waals surface area contributed by atoms with E-state index in [-0.39, 0.29) is 23.6 Å². The fourth-order valence-electron chi connectivity index (χ4n) is 5.23. The predicted octanol–water partition coefficient (Wildman–Crippen LogP) is 4.13. The summed E-state index contributed by atoms with van der Waals surface area (Å²) in [7, 11) is 0. The van der Waals surface area contributed by atoms with E-state index >= 15 is 0 Å². The molecule has 148 valence electrons. The molecular weight excluding hydrogens is 360 g/mol. The molecule has 1 aliphatic carbocycles. The summed E-state index contributed by atoms with van der Waals surface area (Å²) in [5.74, 6) is 0.749. The third-order valence-corrected chi connectivity index (χ3v) is 6.65. The molecular formula is C23H25F2NO2. The molecule has 2 heterocycles. The normalized spacial score (nSPS) is 25.2. The Kier molecular flexibility index (Phi) is 4.60. The minimum absolute atomic E-state index is 0.00424. The highest BCUT2D eigenvalue weighted by atomic mass is 19.1. The average molecular weight is 385 g/mol. The van der Waals surface area contributed by atoms with Gasteiger partial charge in [-0.3, -0.25) is 4.90 Å². The van der Waals surface area contributed by atoms with Gasteiger partial charge in [-0.2, -0.15) is 0 Å². The molecule has 3 nitrogen and oxygen atoms in total. The van der Waals surface area contributed by atoms with Crippen molar-refractivity contribution >= 4 is 0 Å². The molecule has 2 aromatic carbocycles. The van der Waals surface area contributed by atoms with Crippen LogP contribution in [0, 0.1) is 11.6 Å². The lowest BCUT2D eigenvalue weighted by Gasteiger charge is -2.38. The molecule has 0 amide bonds. The van der Waals surface area contributed by atoms with Crippen molar-refractivity contribution in [2.24, 2.45) is 0 Å². The van der Waals surface area contributed by atoms with E-state index in [0.29, 0.717) is 13.0 Å². The van der Waals surface area contributed by atoms with E-state index in [1.807, 2.05) is 0 Å². The van der Waals surface area contributed by atoms with E-state index < -0.39 is 6.10 Å². The zero-order chi connectivity index (χ0) is 19.3. The maximum Gasteiger partial charge on any atom is 0.126 e. The summed E-state index contributed by atoms with van der Waals surface area (Å²) < 4.78 is 33.6. The number of aliphatic hydroxyl groups excluding tert-OH is 1.